The highest BCUT2D eigenvalue weighted by molar-refractivity contribution is 6.30. The maximum absolute atomic E-state index is 6.32. The van der Waals surface area contributed by atoms with Crippen molar-refractivity contribution in [3.63, 3.8) is 0 Å². The molecule has 1 aliphatic carbocycles. The smallest absolute Gasteiger partial charge is 0.130 e. The van der Waals surface area contributed by atoms with Crippen LogP contribution in [-0.2, 0) is 13.5 Å². The molecular formula is C14H24ClN3. The summed E-state index contributed by atoms with van der Waals surface area (Å²) in [5, 5.41) is 8.80. The summed E-state index contributed by atoms with van der Waals surface area (Å²) < 4.78 is 1.79. The van der Waals surface area contributed by atoms with Crippen LogP contribution in [0.4, 0.5) is 0 Å². The highest BCUT2D eigenvalue weighted by Crippen LogP contribution is 2.30. The molecule has 0 bridgehead atoms. The van der Waals surface area contributed by atoms with Crippen LogP contribution in [0.1, 0.15) is 43.9 Å². The molecule has 1 fully saturated rings. The number of halogens is 1. The number of aromatic nitrogens is 2. The molecule has 1 heterocycles. The van der Waals surface area contributed by atoms with Gasteiger partial charge >= 0.3 is 0 Å². The van der Waals surface area contributed by atoms with Gasteiger partial charge in [-0.05, 0) is 38.6 Å². The average Bonchev–Trinajstić information content (AvgIpc) is 2.57. The fourth-order valence-electron chi connectivity index (χ4n) is 3.14. The van der Waals surface area contributed by atoms with Crippen LogP contribution < -0.4 is 5.32 Å². The standard InChI is InChI=1S/C14H24ClN3/c1-4-16-12-7-5-6-11(8-12)9-13-10(2)17-18(3)14(13)15/h11-12,16H,4-9H2,1-3H3. The van der Waals surface area contributed by atoms with E-state index < -0.39 is 0 Å². The third-order valence-electron chi connectivity index (χ3n) is 4.04. The molecule has 0 aliphatic heterocycles. The molecule has 0 amide bonds. The van der Waals surface area contributed by atoms with E-state index in [4.69, 9.17) is 11.6 Å². The first-order chi connectivity index (χ1) is 8.61. The second kappa shape index (κ2) is 6.07. The highest BCUT2D eigenvalue weighted by Gasteiger charge is 2.24. The molecule has 1 saturated carbocycles. The molecule has 18 heavy (non-hydrogen) atoms. The monoisotopic (exact) mass is 269 g/mol. The van der Waals surface area contributed by atoms with Gasteiger partial charge in [0.25, 0.3) is 0 Å². The molecule has 0 radical (unpaired) electrons. The Labute approximate surface area is 115 Å². The molecule has 3 nitrogen and oxygen atoms in total. The van der Waals surface area contributed by atoms with Crippen molar-refractivity contribution in [2.24, 2.45) is 13.0 Å². The molecule has 1 aromatic heterocycles. The first-order valence-electron chi connectivity index (χ1n) is 7.03. The van der Waals surface area contributed by atoms with Crippen molar-refractivity contribution in [3.05, 3.63) is 16.4 Å². The summed E-state index contributed by atoms with van der Waals surface area (Å²) in [6.45, 7) is 5.32. The van der Waals surface area contributed by atoms with E-state index >= 15 is 0 Å². The SMILES string of the molecule is CCNC1CCCC(Cc2c(C)nn(C)c2Cl)C1. The predicted molar refractivity (Wildman–Crippen MR) is 76.1 cm³/mol. The van der Waals surface area contributed by atoms with Crippen LogP contribution in [0.15, 0.2) is 0 Å². The van der Waals surface area contributed by atoms with Gasteiger partial charge < -0.3 is 5.32 Å². The quantitative estimate of drug-likeness (QED) is 0.910. The molecular weight excluding hydrogens is 246 g/mol. The van der Waals surface area contributed by atoms with Crippen molar-refractivity contribution in [3.8, 4) is 0 Å². The van der Waals surface area contributed by atoms with Gasteiger partial charge in [0.2, 0.25) is 0 Å². The van der Waals surface area contributed by atoms with E-state index in [1.165, 1.54) is 31.2 Å². The van der Waals surface area contributed by atoms with Gasteiger partial charge in [-0.2, -0.15) is 5.10 Å². The fourth-order valence-corrected chi connectivity index (χ4v) is 3.40. The molecule has 102 valence electrons. The predicted octanol–water partition coefficient (Wildman–Crippen LogP) is 3.09. The molecule has 4 heteroatoms. The van der Waals surface area contributed by atoms with Gasteiger partial charge in [0.05, 0.1) is 5.69 Å². The Bertz CT molecular complexity index is 398. The maximum atomic E-state index is 6.32. The van der Waals surface area contributed by atoms with Crippen LogP contribution >= 0.6 is 11.6 Å². The van der Waals surface area contributed by atoms with E-state index in [-0.39, 0.29) is 0 Å². The van der Waals surface area contributed by atoms with Crippen molar-refractivity contribution in [2.45, 2.75) is 52.0 Å². The Hall–Kier alpha value is -0.540. The molecule has 0 saturated heterocycles. The van der Waals surface area contributed by atoms with E-state index in [1.54, 1.807) is 4.68 Å². The number of aryl methyl sites for hydroxylation is 2. The van der Waals surface area contributed by atoms with E-state index in [0.717, 1.165) is 29.7 Å². The number of hydrogen-bond acceptors (Lipinski definition) is 2. The van der Waals surface area contributed by atoms with Gasteiger partial charge in [-0.15, -0.1) is 0 Å². The van der Waals surface area contributed by atoms with E-state index in [9.17, 15) is 0 Å². The van der Waals surface area contributed by atoms with Gasteiger partial charge in [0, 0.05) is 18.7 Å². The summed E-state index contributed by atoms with van der Waals surface area (Å²) in [6, 6.07) is 0.699. The topological polar surface area (TPSA) is 29.9 Å². The van der Waals surface area contributed by atoms with Crippen LogP contribution in [0.2, 0.25) is 5.15 Å². The van der Waals surface area contributed by atoms with Crippen molar-refractivity contribution < 1.29 is 0 Å². The number of nitrogens with one attached hydrogen (secondary N) is 1. The van der Waals surface area contributed by atoms with Gasteiger partial charge in [0.1, 0.15) is 5.15 Å². The van der Waals surface area contributed by atoms with Crippen LogP contribution in [0.5, 0.6) is 0 Å². The van der Waals surface area contributed by atoms with Crippen LogP contribution in [0, 0.1) is 12.8 Å². The minimum absolute atomic E-state index is 0.699. The zero-order valence-electron chi connectivity index (χ0n) is 11.7. The molecule has 0 spiro atoms. The summed E-state index contributed by atoms with van der Waals surface area (Å²) in [7, 11) is 1.92. The Balaban J connectivity index is 2.00. The highest BCUT2D eigenvalue weighted by atomic mass is 35.5. The van der Waals surface area contributed by atoms with Crippen LogP contribution in [-0.4, -0.2) is 22.4 Å². The number of hydrogen-bond donors (Lipinski definition) is 1. The largest absolute Gasteiger partial charge is 0.314 e. The summed E-state index contributed by atoms with van der Waals surface area (Å²) in [4.78, 5) is 0. The Morgan fingerprint density at radius 3 is 2.83 bits per heavy atom. The van der Waals surface area contributed by atoms with Crippen molar-refractivity contribution in [1.29, 1.82) is 0 Å². The summed E-state index contributed by atoms with van der Waals surface area (Å²) in [5.41, 5.74) is 2.34. The molecule has 1 aromatic rings. The molecule has 0 aromatic carbocycles. The third kappa shape index (κ3) is 3.07. The van der Waals surface area contributed by atoms with E-state index in [1.807, 2.05) is 7.05 Å². The minimum atomic E-state index is 0.699. The fraction of sp³-hybridized carbons (Fsp3) is 0.786. The van der Waals surface area contributed by atoms with Gasteiger partial charge in [-0.1, -0.05) is 31.4 Å². The van der Waals surface area contributed by atoms with Crippen LogP contribution in [0.25, 0.3) is 0 Å². The summed E-state index contributed by atoms with van der Waals surface area (Å²) >= 11 is 6.32. The molecule has 2 rings (SSSR count). The van der Waals surface area contributed by atoms with E-state index in [2.05, 4.69) is 24.3 Å². The second-order valence-corrected chi connectivity index (χ2v) is 5.83. The van der Waals surface area contributed by atoms with Gasteiger partial charge in [-0.25, -0.2) is 0 Å². The Kier molecular flexibility index (Phi) is 4.68. The maximum Gasteiger partial charge on any atom is 0.130 e. The normalized spacial score (nSPS) is 24.4. The minimum Gasteiger partial charge on any atom is -0.314 e. The Morgan fingerprint density at radius 1 is 1.44 bits per heavy atom. The molecule has 2 atom stereocenters. The van der Waals surface area contributed by atoms with E-state index in [0.29, 0.717) is 6.04 Å². The van der Waals surface area contributed by atoms with Crippen molar-refractivity contribution in [1.82, 2.24) is 15.1 Å². The summed E-state index contributed by atoms with van der Waals surface area (Å²) in [6.07, 6.45) is 6.34. The lowest BCUT2D eigenvalue weighted by Crippen LogP contribution is -2.34. The van der Waals surface area contributed by atoms with Crippen molar-refractivity contribution in [2.75, 3.05) is 6.54 Å². The third-order valence-corrected chi connectivity index (χ3v) is 4.51. The first-order valence-corrected chi connectivity index (χ1v) is 7.41. The van der Waals surface area contributed by atoms with Crippen molar-refractivity contribution >= 4 is 11.6 Å². The van der Waals surface area contributed by atoms with Crippen LogP contribution in [0.3, 0.4) is 0 Å². The zero-order valence-corrected chi connectivity index (χ0v) is 12.4. The second-order valence-electron chi connectivity index (χ2n) is 5.47. The lowest BCUT2D eigenvalue weighted by molar-refractivity contribution is 0.287. The Morgan fingerprint density at radius 2 is 2.22 bits per heavy atom. The van der Waals surface area contributed by atoms with Gasteiger partial charge in [-0.3, -0.25) is 4.68 Å². The number of rotatable bonds is 4. The lowest BCUT2D eigenvalue weighted by atomic mass is 9.82. The summed E-state index contributed by atoms with van der Waals surface area (Å²) in [5.74, 6) is 0.753. The average molecular weight is 270 g/mol. The number of nitrogens with zero attached hydrogens (tertiary/aromatic N) is 2. The molecule has 1 N–H and O–H groups in total. The molecule has 1 aliphatic rings. The first kappa shape index (κ1) is 13.9. The van der Waals surface area contributed by atoms with Gasteiger partial charge in [0.15, 0.2) is 0 Å². The lowest BCUT2D eigenvalue weighted by Gasteiger charge is -2.29. The zero-order chi connectivity index (χ0) is 13.1. The molecule has 2 unspecified atom stereocenters.